The Bertz CT molecular complexity index is 1040. The number of aromatic nitrogens is 4. The Hall–Kier alpha value is -3.48. The third kappa shape index (κ3) is 3.25. The fourth-order valence-corrected chi connectivity index (χ4v) is 2.43. The minimum Gasteiger partial charge on any atom is -0.443 e. The first-order valence-electron chi connectivity index (χ1n) is 7.82. The summed E-state index contributed by atoms with van der Waals surface area (Å²) in [4.78, 5) is 17.4. The van der Waals surface area contributed by atoms with Gasteiger partial charge in [0.1, 0.15) is 17.2 Å². The van der Waals surface area contributed by atoms with E-state index in [1.807, 2.05) is 50.2 Å². The van der Waals surface area contributed by atoms with Crippen molar-refractivity contribution in [3.8, 4) is 0 Å². The van der Waals surface area contributed by atoms with E-state index in [1.54, 1.807) is 6.20 Å². The number of pyridine rings is 1. The van der Waals surface area contributed by atoms with E-state index in [9.17, 15) is 0 Å². The Kier molecular flexibility index (Phi) is 3.74. The van der Waals surface area contributed by atoms with Gasteiger partial charge in [0.15, 0.2) is 12.0 Å². The maximum absolute atomic E-state index is 5.26. The van der Waals surface area contributed by atoms with E-state index >= 15 is 0 Å². The highest BCUT2D eigenvalue weighted by atomic mass is 16.3. The normalized spacial score (nSPS) is 10.8. The average Bonchev–Trinajstić information content (AvgIpc) is 3.06. The molecule has 7 heteroatoms. The van der Waals surface area contributed by atoms with Crippen LogP contribution in [-0.2, 0) is 0 Å². The molecule has 0 amide bonds. The second-order valence-electron chi connectivity index (χ2n) is 5.67. The zero-order valence-corrected chi connectivity index (χ0v) is 13.8. The number of nitrogens with one attached hydrogen (secondary N) is 2. The maximum atomic E-state index is 5.26. The van der Waals surface area contributed by atoms with Crippen molar-refractivity contribution in [1.29, 1.82) is 0 Å². The largest absolute Gasteiger partial charge is 0.443 e. The van der Waals surface area contributed by atoms with Gasteiger partial charge >= 0.3 is 0 Å². The van der Waals surface area contributed by atoms with E-state index in [0.29, 0.717) is 17.6 Å². The van der Waals surface area contributed by atoms with Crippen LogP contribution >= 0.6 is 0 Å². The van der Waals surface area contributed by atoms with Crippen molar-refractivity contribution < 1.29 is 4.42 Å². The lowest BCUT2D eigenvalue weighted by atomic mass is 10.2. The number of aryl methyl sites for hydroxylation is 2. The molecule has 0 unspecified atom stereocenters. The van der Waals surface area contributed by atoms with Gasteiger partial charge in [-0.3, -0.25) is 0 Å². The lowest BCUT2D eigenvalue weighted by Crippen LogP contribution is -2.03. The Labute approximate surface area is 144 Å². The molecule has 0 radical (unpaired) electrons. The molecule has 0 atom stereocenters. The Morgan fingerprint density at radius 1 is 0.960 bits per heavy atom. The summed E-state index contributed by atoms with van der Waals surface area (Å²) in [5, 5.41) is 6.42. The van der Waals surface area contributed by atoms with Gasteiger partial charge in [0.05, 0.1) is 0 Å². The average molecular weight is 332 g/mol. The summed E-state index contributed by atoms with van der Waals surface area (Å²) in [5.74, 6) is 1.90. The summed E-state index contributed by atoms with van der Waals surface area (Å²) in [6.07, 6.45) is 3.20. The van der Waals surface area contributed by atoms with Crippen LogP contribution in [0.3, 0.4) is 0 Å². The molecule has 2 N–H and O–H groups in total. The molecule has 0 saturated carbocycles. The van der Waals surface area contributed by atoms with Gasteiger partial charge in [-0.1, -0.05) is 6.07 Å². The molecule has 7 nitrogen and oxygen atoms in total. The van der Waals surface area contributed by atoms with Gasteiger partial charge in [0.2, 0.25) is 5.95 Å². The van der Waals surface area contributed by atoms with Gasteiger partial charge < -0.3 is 15.1 Å². The van der Waals surface area contributed by atoms with Crippen molar-refractivity contribution in [2.45, 2.75) is 13.8 Å². The minimum atomic E-state index is 0.480. The molecule has 124 valence electrons. The molecule has 0 fully saturated rings. The second-order valence-corrected chi connectivity index (χ2v) is 5.67. The minimum absolute atomic E-state index is 0.480. The first-order chi connectivity index (χ1) is 12.2. The third-order valence-corrected chi connectivity index (χ3v) is 3.69. The summed E-state index contributed by atoms with van der Waals surface area (Å²) in [6, 6.07) is 11.5. The van der Waals surface area contributed by atoms with Gasteiger partial charge in [-0.2, -0.15) is 4.98 Å². The molecule has 4 aromatic rings. The van der Waals surface area contributed by atoms with Crippen LogP contribution in [0.4, 0.5) is 23.3 Å². The Morgan fingerprint density at radius 2 is 1.88 bits per heavy atom. The number of oxazole rings is 1. The second kappa shape index (κ2) is 6.20. The molecule has 0 aliphatic carbocycles. The first kappa shape index (κ1) is 15.1. The van der Waals surface area contributed by atoms with Crippen molar-refractivity contribution in [1.82, 2.24) is 19.9 Å². The van der Waals surface area contributed by atoms with E-state index in [-0.39, 0.29) is 0 Å². The van der Waals surface area contributed by atoms with Gasteiger partial charge in [-0.05, 0) is 44.2 Å². The molecule has 3 aromatic heterocycles. The van der Waals surface area contributed by atoms with Crippen molar-refractivity contribution >= 4 is 34.4 Å². The highest BCUT2D eigenvalue weighted by Gasteiger charge is 2.07. The molecule has 0 saturated heterocycles. The van der Waals surface area contributed by atoms with Crippen molar-refractivity contribution in [2.24, 2.45) is 0 Å². The van der Waals surface area contributed by atoms with Gasteiger partial charge in [0.25, 0.3) is 0 Å². The predicted molar refractivity (Wildman–Crippen MR) is 96.3 cm³/mol. The summed E-state index contributed by atoms with van der Waals surface area (Å²) >= 11 is 0. The molecule has 25 heavy (non-hydrogen) atoms. The number of hydrogen-bond donors (Lipinski definition) is 2. The van der Waals surface area contributed by atoms with Crippen LogP contribution in [0.15, 0.2) is 53.4 Å². The quantitative estimate of drug-likeness (QED) is 0.581. The fraction of sp³-hybridized carbons (Fsp3) is 0.111. The van der Waals surface area contributed by atoms with E-state index in [4.69, 9.17) is 4.42 Å². The van der Waals surface area contributed by atoms with Crippen LogP contribution in [0, 0.1) is 13.8 Å². The van der Waals surface area contributed by atoms with Crippen LogP contribution < -0.4 is 10.6 Å². The number of hydrogen-bond acceptors (Lipinski definition) is 7. The Balaban J connectivity index is 1.60. The van der Waals surface area contributed by atoms with E-state index in [0.717, 1.165) is 28.0 Å². The number of benzene rings is 1. The van der Waals surface area contributed by atoms with Crippen molar-refractivity contribution in [3.05, 3.63) is 60.2 Å². The number of fused-ring (bicyclic) bond motifs is 1. The monoisotopic (exact) mass is 332 g/mol. The SMILES string of the molecule is Cc1cccc(Nc2ncc(C)c(Nc3ccc4ocnc4c3)n2)n1. The van der Waals surface area contributed by atoms with E-state index in [1.165, 1.54) is 6.39 Å². The van der Waals surface area contributed by atoms with E-state index in [2.05, 4.69) is 30.6 Å². The van der Waals surface area contributed by atoms with Gasteiger partial charge in [-0.15, -0.1) is 0 Å². The summed E-state index contributed by atoms with van der Waals surface area (Å²) < 4.78 is 5.26. The summed E-state index contributed by atoms with van der Waals surface area (Å²) in [7, 11) is 0. The zero-order chi connectivity index (χ0) is 17.2. The third-order valence-electron chi connectivity index (χ3n) is 3.69. The molecule has 3 heterocycles. The van der Waals surface area contributed by atoms with Crippen molar-refractivity contribution in [2.75, 3.05) is 10.6 Å². The fourth-order valence-electron chi connectivity index (χ4n) is 2.43. The van der Waals surface area contributed by atoms with Crippen LogP contribution in [-0.4, -0.2) is 19.9 Å². The summed E-state index contributed by atoms with van der Waals surface area (Å²) in [5.41, 5.74) is 4.28. The van der Waals surface area contributed by atoms with Crippen LogP contribution in [0.2, 0.25) is 0 Å². The highest BCUT2D eigenvalue weighted by Crippen LogP contribution is 2.23. The molecule has 0 bridgehead atoms. The molecule has 0 spiro atoms. The topological polar surface area (TPSA) is 88.8 Å². The van der Waals surface area contributed by atoms with Crippen LogP contribution in [0.5, 0.6) is 0 Å². The van der Waals surface area contributed by atoms with E-state index < -0.39 is 0 Å². The molecular formula is C18H16N6O. The highest BCUT2D eigenvalue weighted by molar-refractivity contribution is 5.78. The number of nitrogens with zero attached hydrogens (tertiary/aromatic N) is 4. The molecule has 4 rings (SSSR count). The lowest BCUT2D eigenvalue weighted by Gasteiger charge is -2.11. The summed E-state index contributed by atoms with van der Waals surface area (Å²) in [6.45, 7) is 3.89. The number of anilines is 4. The Morgan fingerprint density at radius 3 is 2.76 bits per heavy atom. The first-order valence-corrected chi connectivity index (χ1v) is 7.82. The van der Waals surface area contributed by atoms with Gasteiger partial charge in [-0.25, -0.2) is 15.0 Å². The lowest BCUT2D eigenvalue weighted by molar-refractivity contribution is 0.602. The van der Waals surface area contributed by atoms with Crippen LogP contribution in [0.1, 0.15) is 11.3 Å². The molecule has 0 aliphatic rings. The standard InChI is InChI=1S/C18H16N6O/c1-11-9-19-18(23-16-5-3-4-12(2)21-16)24-17(11)22-13-6-7-15-14(8-13)20-10-25-15/h3-10H,1-2H3,(H2,19,21,22,23,24). The molecule has 0 aliphatic heterocycles. The van der Waals surface area contributed by atoms with Crippen LogP contribution in [0.25, 0.3) is 11.1 Å². The molecule has 1 aromatic carbocycles. The van der Waals surface area contributed by atoms with Crippen molar-refractivity contribution in [3.63, 3.8) is 0 Å². The number of rotatable bonds is 4. The maximum Gasteiger partial charge on any atom is 0.230 e. The zero-order valence-electron chi connectivity index (χ0n) is 13.8. The van der Waals surface area contributed by atoms with Gasteiger partial charge in [0, 0.05) is 23.1 Å². The smallest absolute Gasteiger partial charge is 0.230 e. The molecular weight excluding hydrogens is 316 g/mol. The predicted octanol–water partition coefficient (Wildman–Crippen LogP) is 4.12.